The molecule has 0 bridgehead atoms. The maximum Gasteiger partial charge on any atom is 0.325 e. The van der Waals surface area contributed by atoms with Crippen molar-refractivity contribution in [1.82, 2.24) is 4.98 Å². The molecule has 5 heteroatoms. The Kier molecular flexibility index (Phi) is 4.46. The molecule has 90 valence electrons. The van der Waals surface area contributed by atoms with Crippen molar-refractivity contribution >= 4 is 11.7 Å². The Labute approximate surface area is 100 Å². The Hall–Kier alpha value is -2.09. The molecule has 0 fully saturated rings. The maximum atomic E-state index is 11.2. The zero-order valence-electron chi connectivity index (χ0n) is 10.2. The first-order valence-corrected chi connectivity index (χ1v) is 5.36. The van der Waals surface area contributed by atoms with Crippen LogP contribution in [0.15, 0.2) is 6.07 Å². The Morgan fingerprint density at radius 2 is 2.29 bits per heavy atom. The molecule has 0 amide bonds. The van der Waals surface area contributed by atoms with Crippen LogP contribution in [0.5, 0.6) is 0 Å². The van der Waals surface area contributed by atoms with Crippen molar-refractivity contribution in [3.8, 4) is 6.07 Å². The quantitative estimate of drug-likeness (QED) is 0.798. The van der Waals surface area contributed by atoms with Crippen molar-refractivity contribution in [3.63, 3.8) is 0 Å². The largest absolute Gasteiger partial charge is 0.465 e. The lowest BCUT2D eigenvalue weighted by molar-refractivity contribution is -0.140. The fourth-order valence-corrected chi connectivity index (χ4v) is 1.49. The van der Waals surface area contributed by atoms with E-state index >= 15 is 0 Å². The highest BCUT2D eigenvalue weighted by atomic mass is 16.5. The first kappa shape index (κ1) is 13.0. The molecule has 17 heavy (non-hydrogen) atoms. The van der Waals surface area contributed by atoms with Crippen LogP contribution in [0.2, 0.25) is 0 Å². The lowest BCUT2D eigenvalue weighted by Crippen LogP contribution is -2.17. The molecular formula is C12H15N3O2. The summed E-state index contributed by atoms with van der Waals surface area (Å²) in [7, 11) is 0. The molecule has 0 aliphatic heterocycles. The minimum atomic E-state index is -0.344. The monoisotopic (exact) mass is 233 g/mol. The summed E-state index contributed by atoms with van der Waals surface area (Å²) in [5, 5.41) is 11.9. The molecule has 0 saturated carbocycles. The fraction of sp³-hybridized carbons (Fsp3) is 0.417. The van der Waals surface area contributed by atoms with E-state index in [1.165, 1.54) is 0 Å². The third kappa shape index (κ3) is 3.45. The van der Waals surface area contributed by atoms with Gasteiger partial charge in [-0.25, -0.2) is 0 Å². The second-order valence-electron chi connectivity index (χ2n) is 3.54. The summed E-state index contributed by atoms with van der Waals surface area (Å²) >= 11 is 0. The highest BCUT2D eigenvalue weighted by Crippen LogP contribution is 2.18. The van der Waals surface area contributed by atoms with Gasteiger partial charge in [0, 0.05) is 5.69 Å². The van der Waals surface area contributed by atoms with E-state index in [4.69, 9.17) is 10.00 Å². The summed E-state index contributed by atoms with van der Waals surface area (Å²) in [4.78, 5) is 15.4. The summed E-state index contributed by atoms with van der Waals surface area (Å²) in [6.45, 7) is 5.75. The Bertz CT molecular complexity index is 464. The summed E-state index contributed by atoms with van der Waals surface area (Å²) in [6, 6.07) is 3.81. The number of hydrogen-bond acceptors (Lipinski definition) is 5. The van der Waals surface area contributed by atoms with Crippen LogP contribution in [0.3, 0.4) is 0 Å². The first-order valence-electron chi connectivity index (χ1n) is 5.36. The molecule has 1 rings (SSSR count). The molecular weight excluding hydrogens is 218 g/mol. The first-order chi connectivity index (χ1) is 8.08. The summed E-state index contributed by atoms with van der Waals surface area (Å²) in [5.74, 6) is -0.344. The third-order valence-electron chi connectivity index (χ3n) is 2.17. The van der Waals surface area contributed by atoms with Gasteiger partial charge in [0.1, 0.15) is 12.6 Å². The number of aryl methyl sites for hydroxylation is 2. The molecule has 0 spiro atoms. The number of nitriles is 1. The number of rotatable bonds is 4. The highest BCUT2D eigenvalue weighted by Gasteiger charge is 2.09. The number of nitrogens with one attached hydrogen (secondary N) is 1. The SMILES string of the molecule is CCOC(=O)CNc1cc(C)nc(C)c1C#N. The van der Waals surface area contributed by atoms with Crippen molar-refractivity contribution in [3.05, 3.63) is 23.0 Å². The number of ether oxygens (including phenoxy) is 1. The topological polar surface area (TPSA) is 75.0 Å². The Balaban J connectivity index is 2.84. The second kappa shape index (κ2) is 5.85. The Morgan fingerprint density at radius 3 is 2.88 bits per heavy atom. The van der Waals surface area contributed by atoms with E-state index in [1.54, 1.807) is 19.9 Å². The minimum Gasteiger partial charge on any atom is -0.465 e. The number of carbonyl (C=O) groups is 1. The molecule has 0 saturated heterocycles. The maximum absolute atomic E-state index is 11.2. The predicted octanol–water partition coefficient (Wildman–Crippen LogP) is 1.55. The van der Waals surface area contributed by atoms with Crippen LogP contribution in [0.4, 0.5) is 5.69 Å². The molecule has 0 aliphatic carbocycles. The zero-order valence-corrected chi connectivity index (χ0v) is 10.2. The third-order valence-corrected chi connectivity index (χ3v) is 2.17. The average Bonchev–Trinajstić information content (AvgIpc) is 2.26. The standard InChI is InChI=1S/C12H15N3O2/c1-4-17-12(16)7-14-11-5-8(2)15-9(3)10(11)6-13/h5H,4,7H2,1-3H3,(H,14,15). The van der Waals surface area contributed by atoms with Gasteiger partial charge in [-0.15, -0.1) is 0 Å². The van der Waals surface area contributed by atoms with Gasteiger partial charge in [-0.1, -0.05) is 0 Å². The molecule has 1 aromatic rings. The van der Waals surface area contributed by atoms with Gasteiger partial charge in [0.15, 0.2) is 0 Å². The molecule has 0 aliphatic rings. The summed E-state index contributed by atoms with van der Waals surface area (Å²) in [5.41, 5.74) is 2.53. The molecule has 0 unspecified atom stereocenters. The van der Waals surface area contributed by atoms with Gasteiger partial charge in [0.05, 0.1) is 23.6 Å². The van der Waals surface area contributed by atoms with Crippen LogP contribution in [-0.2, 0) is 9.53 Å². The van der Waals surface area contributed by atoms with E-state index < -0.39 is 0 Å². The molecule has 1 N–H and O–H groups in total. The number of pyridine rings is 1. The lowest BCUT2D eigenvalue weighted by Gasteiger charge is -2.10. The van der Waals surface area contributed by atoms with Gasteiger partial charge in [-0.05, 0) is 26.8 Å². The minimum absolute atomic E-state index is 0.0470. The van der Waals surface area contributed by atoms with E-state index in [-0.39, 0.29) is 12.5 Å². The van der Waals surface area contributed by atoms with Gasteiger partial charge in [-0.2, -0.15) is 5.26 Å². The van der Waals surface area contributed by atoms with Crippen molar-refractivity contribution in [1.29, 1.82) is 5.26 Å². The smallest absolute Gasteiger partial charge is 0.325 e. The highest BCUT2D eigenvalue weighted by molar-refractivity contribution is 5.76. The number of nitrogens with zero attached hydrogens (tertiary/aromatic N) is 2. The molecule has 0 radical (unpaired) electrons. The molecule has 1 heterocycles. The molecule has 1 aromatic heterocycles. The van der Waals surface area contributed by atoms with Crippen LogP contribution in [0, 0.1) is 25.2 Å². The van der Waals surface area contributed by atoms with Gasteiger partial charge < -0.3 is 10.1 Å². The van der Waals surface area contributed by atoms with E-state index in [0.717, 1.165) is 5.69 Å². The molecule has 0 atom stereocenters. The summed E-state index contributed by atoms with van der Waals surface area (Å²) < 4.78 is 4.80. The van der Waals surface area contributed by atoms with Crippen LogP contribution in [0.25, 0.3) is 0 Å². The molecule has 5 nitrogen and oxygen atoms in total. The van der Waals surface area contributed by atoms with E-state index in [0.29, 0.717) is 23.6 Å². The van der Waals surface area contributed by atoms with Crippen LogP contribution >= 0.6 is 0 Å². The predicted molar refractivity (Wildman–Crippen MR) is 63.5 cm³/mol. The average molecular weight is 233 g/mol. The zero-order chi connectivity index (χ0) is 12.8. The number of anilines is 1. The van der Waals surface area contributed by atoms with Gasteiger partial charge in [-0.3, -0.25) is 9.78 Å². The Morgan fingerprint density at radius 1 is 1.59 bits per heavy atom. The van der Waals surface area contributed by atoms with Crippen LogP contribution < -0.4 is 5.32 Å². The second-order valence-corrected chi connectivity index (χ2v) is 3.54. The van der Waals surface area contributed by atoms with Crippen molar-refractivity contribution in [2.75, 3.05) is 18.5 Å². The van der Waals surface area contributed by atoms with Crippen LogP contribution in [-0.4, -0.2) is 24.1 Å². The van der Waals surface area contributed by atoms with Crippen molar-refractivity contribution in [2.45, 2.75) is 20.8 Å². The van der Waals surface area contributed by atoms with E-state index in [1.807, 2.05) is 6.92 Å². The van der Waals surface area contributed by atoms with Gasteiger partial charge in [0.2, 0.25) is 0 Å². The number of aromatic nitrogens is 1. The number of carbonyl (C=O) groups excluding carboxylic acids is 1. The van der Waals surface area contributed by atoms with Gasteiger partial charge >= 0.3 is 5.97 Å². The van der Waals surface area contributed by atoms with Crippen molar-refractivity contribution in [2.24, 2.45) is 0 Å². The lowest BCUT2D eigenvalue weighted by atomic mass is 10.1. The normalized spacial score (nSPS) is 9.53. The van der Waals surface area contributed by atoms with Gasteiger partial charge in [0.25, 0.3) is 0 Å². The van der Waals surface area contributed by atoms with E-state index in [9.17, 15) is 4.79 Å². The number of hydrogen-bond donors (Lipinski definition) is 1. The van der Waals surface area contributed by atoms with Crippen molar-refractivity contribution < 1.29 is 9.53 Å². The van der Waals surface area contributed by atoms with Crippen LogP contribution in [0.1, 0.15) is 23.9 Å². The summed E-state index contributed by atoms with van der Waals surface area (Å²) in [6.07, 6.45) is 0. The van der Waals surface area contributed by atoms with E-state index in [2.05, 4.69) is 16.4 Å². The fourth-order valence-electron chi connectivity index (χ4n) is 1.49. The molecule has 0 aromatic carbocycles. The number of esters is 1.